The van der Waals surface area contributed by atoms with Gasteiger partial charge in [0.25, 0.3) is 0 Å². The Hall–Kier alpha value is -0.200. The average Bonchev–Trinajstić information content (AvgIpc) is 2.10. The highest BCUT2D eigenvalue weighted by Crippen LogP contribution is 2.22. The number of hydrogen-bond donors (Lipinski definition) is 3. The van der Waals surface area contributed by atoms with E-state index in [2.05, 4.69) is 0 Å². The lowest BCUT2D eigenvalue weighted by atomic mass is 10.0. The molecule has 3 N–H and O–H groups in total. The molecule has 1 heterocycles. The van der Waals surface area contributed by atoms with Crippen molar-refractivity contribution < 1.29 is 24.8 Å². The van der Waals surface area contributed by atoms with Crippen molar-refractivity contribution in [3.63, 3.8) is 0 Å². The molecule has 0 radical (unpaired) electrons. The minimum absolute atomic E-state index is 0.0000860. The summed E-state index contributed by atoms with van der Waals surface area (Å²) in [6.07, 6.45) is -2.81. The molecule has 0 aliphatic carbocycles. The smallest absolute Gasteiger partial charge is 0.181 e. The van der Waals surface area contributed by atoms with Crippen LogP contribution in [-0.4, -0.2) is 52.6 Å². The molecule has 4 unspecified atom stereocenters. The van der Waals surface area contributed by atoms with Gasteiger partial charge in [-0.2, -0.15) is 0 Å². The van der Waals surface area contributed by atoms with E-state index >= 15 is 0 Å². The van der Waals surface area contributed by atoms with Gasteiger partial charge in [-0.3, -0.25) is 0 Å². The van der Waals surface area contributed by atoms with Gasteiger partial charge in [0.05, 0.1) is 18.8 Å². The molecule has 0 saturated carbocycles. The summed E-state index contributed by atoms with van der Waals surface area (Å²) in [7, 11) is 0. The minimum Gasteiger partial charge on any atom is -0.394 e. The molecule has 5 nitrogen and oxygen atoms in total. The van der Waals surface area contributed by atoms with Crippen LogP contribution >= 0.6 is 0 Å². The van der Waals surface area contributed by atoms with Crippen molar-refractivity contribution in [2.45, 2.75) is 51.0 Å². The van der Waals surface area contributed by atoms with E-state index in [1.807, 2.05) is 13.8 Å². The van der Waals surface area contributed by atoms with Gasteiger partial charge >= 0.3 is 0 Å². The number of ether oxygens (including phenoxy) is 2. The molecule has 0 spiro atoms. The van der Waals surface area contributed by atoms with Crippen LogP contribution in [0.3, 0.4) is 0 Å². The Labute approximate surface area is 83.3 Å². The molecule has 14 heavy (non-hydrogen) atoms. The summed E-state index contributed by atoms with van der Waals surface area (Å²) >= 11 is 0. The van der Waals surface area contributed by atoms with E-state index < -0.39 is 18.5 Å². The third kappa shape index (κ3) is 2.90. The van der Waals surface area contributed by atoms with E-state index in [9.17, 15) is 10.2 Å². The number of rotatable bonds is 3. The van der Waals surface area contributed by atoms with E-state index in [0.29, 0.717) is 0 Å². The van der Waals surface area contributed by atoms with Gasteiger partial charge in [0, 0.05) is 6.42 Å². The van der Waals surface area contributed by atoms with E-state index in [-0.39, 0.29) is 25.2 Å². The summed E-state index contributed by atoms with van der Waals surface area (Å²) in [5.41, 5.74) is 0. The zero-order chi connectivity index (χ0) is 10.7. The molecule has 5 heteroatoms. The molecule has 84 valence electrons. The van der Waals surface area contributed by atoms with Crippen molar-refractivity contribution in [3.05, 3.63) is 0 Å². The molecule has 0 bridgehead atoms. The molecule has 4 atom stereocenters. The van der Waals surface area contributed by atoms with Crippen LogP contribution < -0.4 is 0 Å². The maximum atomic E-state index is 9.34. The Kier molecular flexibility index (Phi) is 4.28. The molecular formula is C9H18O5. The number of aliphatic hydroxyl groups excluding tert-OH is 3. The SMILES string of the molecule is CC(C)OC1CC(O)C(O)OC1CO. The lowest BCUT2D eigenvalue weighted by molar-refractivity contribution is -0.263. The molecule has 1 fully saturated rings. The largest absolute Gasteiger partial charge is 0.394 e. The van der Waals surface area contributed by atoms with Crippen molar-refractivity contribution in [1.82, 2.24) is 0 Å². The van der Waals surface area contributed by atoms with Crippen LogP contribution in [-0.2, 0) is 9.47 Å². The maximum absolute atomic E-state index is 9.34. The normalized spacial score (nSPS) is 39.0. The van der Waals surface area contributed by atoms with Crippen molar-refractivity contribution >= 4 is 0 Å². The lowest BCUT2D eigenvalue weighted by Gasteiger charge is -2.37. The van der Waals surface area contributed by atoms with Crippen molar-refractivity contribution in [2.75, 3.05) is 6.61 Å². The first-order valence-electron chi connectivity index (χ1n) is 4.82. The van der Waals surface area contributed by atoms with E-state index in [4.69, 9.17) is 14.6 Å². The van der Waals surface area contributed by atoms with Gasteiger partial charge in [-0.05, 0) is 13.8 Å². The Morgan fingerprint density at radius 3 is 2.57 bits per heavy atom. The predicted octanol–water partition coefficient (Wildman–Crippen LogP) is -0.760. The van der Waals surface area contributed by atoms with E-state index in [1.165, 1.54) is 0 Å². The molecule has 1 saturated heterocycles. The average molecular weight is 206 g/mol. The monoisotopic (exact) mass is 206 g/mol. The Balaban J connectivity index is 2.53. The van der Waals surface area contributed by atoms with Gasteiger partial charge in [0.1, 0.15) is 12.2 Å². The maximum Gasteiger partial charge on any atom is 0.181 e. The fourth-order valence-electron chi connectivity index (χ4n) is 1.52. The Morgan fingerprint density at radius 1 is 1.43 bits per heavy atom. The number of hydrogen-bond acceptors (Lipinski definition) is 5. The van der Waals surface area contributed by atoms with E-state index in [0.717, 1.165) is 0 Å². The van der Waals surface area contributed by atoms with Crippen LogP contribution in [0, 0.1) is 0 Å². The second-order valence-corrected chi connectivity index (χ2v) is 3.77. The highest BCUT2D eigenvalue weighted by molar-refractivity contribution is 4.81. The van der Waals surface area contributed by atoms with Crippen LogP contribution in [0.4, 0.5) is 0 Å². The summed E-state index contributed by atoms with van der Waals surface area (Å²) in [6, 6.07) is 0. The highest BCUT2D eigenvalue weighted by atomic mass is 16.6. The van der Waals surface area contributed by atoms with Gasteiger partial charge in [-0.1, -0.05) is 0 Å². The minimum atomic E-state index is -1.22. The molecule has 1 aliphatic heterocycles. The first kappa shape index (κ1) is 11.9. The second kappa shape index (κ2) is 5.04. The van der Waals surface area contributed by atoms with Crippen LogP contribution in [0.5, 0.6) is 0 Å². The van der Waals surface area contributed by atoms with Crippen LogP contribution in [0.1, 0.15) is 20.3 Å². The van der Waals surface area contributed by atoms with Crippen LogP contribution in [0.25, 0.3) is 0 Å². The summed E-state index contributed by atoms with van der Waals surface area (Å²) in [5, 5.41) is 27.5. The summed E-state index contributed by atoms with van der Waals surface area (Å²) in [5.74, 6) is 0. The molecule has 0 aromatic rings. The Bertz CT molecular complexity index is 173. The van der Waals surface area contributed by atoms with Gasteiger partial charge in [0.15, 0.2) is 6.29 Å². The second-order valence-electron chi connectivity index (χ2n) is 3.77. The molecular weight excluding hydrogens is 188 g/mol. The summed E-state index contributed by atoms with van der Waals surface area (Å²) < 4.78 is 10.4. The molecule has 0 aromatic heterocycles. The molecule has 0 amide bonds. The Morgan fingerprint density at radius 2 is 2.07 bits per heavy atom. The summed E-state index contributed by atoms with van der Waals surface area (Å²) in [4.78, 5) is 0. The van der Waals surface area contributed by atoms with Gasteiger partial charge in [-0.25, -0.2) is 0 Å². The fraction of sp³-hybridized carbons (Fsp3) is 1.00. The van der Waals surface area contributed by atoms with Gasteiger partial charge in [-0.15, -0.1) is 0 Å². The number of aliphatic hydroxyl groups is 3. The topological polar surface area (TPSA) is 79.2 Å². The van der Waals surface area contributed by atoms with Crippen LogP contribution in [0.2, 0.25) is 0 Å². The predicted molar refractivity (Wildman–Crippen MR) is 48.6 cm³/mol. The van der Waals surface area contributed by atoms with Crippen LogP contribution in [0.15, 0.2) is 0 Å². The van der Waals surface area contributed by atoms with Crippen molar-refractivity contribution in [2.24, 2.45) is 0 Å². The first-order valence-corrected chi connectivity index (χ1v) is 4.82. The van der Waals surface area contributed by atoms with Crippen molar-refractivity contribution in [1.29, 1.82) is 0 Å². The zero-order valence-corrected chi connectivity index (χ0v) is 8.46. The van der Waals surface area contributed by atoms with Gasteiger partial charge < -0.3 is 24.8 Å². The summed E-state index contributed by atoms with van der Waals surface area (Å²) in [6.45, 7) is 3.51. The standard InChI is InChI=1S/C9H18O5/c1-5(2)13-7-3-6(11)9(12)14-8(7)4-10/h5-12H,3-4H2,1-2H3. The molecule has 1 aliphatic rings. The lowest BCUT2D eigenvalue weighted by Crippen LogP contribution is -2.50. The van der Waals surface area contributed by atoms with Crippen molar-refractivity contribution in [3.8, 4) is 0 Å². The highest BCUT2D eigenvalue weighted by Gasteiger charge is 2.36. The van der Waals surface area contributed by atoms with Gasteiger partial charge in [0.2, 0.25) is 0 Å². The fourth-order valence-corrected chi connectivity index (χ4v) is 1.52. The third-order valence-corrected chi connectivity index (χ3v) is 2.16. The van der Waals surface area contributed by atoms with E-state index in [1.54, 1.807) is 0 Å². The molecule has 1 rings (SSSR count). The zero-order valence-electron chi connectivity index (χ0n) is 8.46. The third-order valence-electron chi connectivity index (χ3n) is 2.16. The first-order chi connectivity index (χ1) is 6.54. The quantitative estimate of drug-likeness (QED) is 0.565. The molecule has 0 aromatic carbocycles.